The van der Waals surface area contributed by atoms with Crippen LogP contribution in [0.4, 0.5) is 9.59 Å². The molecule has 0 radical (unpaired) electrons. The van der Waals surface area contributed by atoms with Crippen LogP contribution in [0.15, 0.2) is 12.1 Å². The van der Waals surface area contributed by atoms with Gasteiger partial charge in [0.2, 0.25) is 0 Å². The van der Waals surface area contributed by atoms with E-state index < -0.39 is 12.2 Å². The first-order chi connectivity index (χ1) is 10.0. The molecule has 0 saturated carbocycles. The van der Waals surface area contributed by atoms with Gasteiger partial charge in [0.25, 0.3) is 0 Å². The van der Waals surface area contributed by atoms with Gasteiger partial charge in [-0.3, -0.25) is 0 Å². The van der Waals surface area contributed by atoms with E-state index in [1.807, 2.05) is 7.05 Å². The van der Waals surface area contributed by atoms with E-state index in [4.69, 9.17) is 9.47 Å². The van der Waals surface area contributed by atoms with Crippen LogP contribution in [-0.4, -0.2) is 44.8 Å². The molecule has 2 N–H and O–H groups in total. The zero-order valence-corrected chi connectivity index (χ0v) is 12.4. The maximum absolute atomic E-state index is 11.4. The highest BCUT2D eigenvalue weighted by Gasteiger charge is 2.20. The Kier molecular flexibility index (Phi) is 4.64. The number of nitrogens with zero attached hydrogens (tertiary/aromatic N) is 1. The van der Waals surface area contributed by atoms with Crippen molar-refractivity contribution < 1.29 is 19.1 Å². The number of hydrogen-bond acceptors (Lipinski definition) is 5. The van der Waals surface area contributed by atoms with Crippen LogP contribution in [0.5, 0.6) is 11.5 Å². The van der Waals surface area contributed by atoms with Crippen molar-refractivity contribution in [1.29, 1.82) is 0 Å². The maximum atomic E-state index is 11.4. The first-order valence-corrected chi connectivity index (χ1v) is 6.67. The lowest BCUT2D eigenvalue weighted by molar-refractivity contribution is 0.192. The summed E-state index contributed by atoms with van der Waals surface area (Å²) in [4.78, 5) is 25.0. The molecule has 1 heterocycles. The summed E-state index contributed by atoms with van der Waals surface area (Å²) >= 11 is 0. The standard InChI is InChI=1S/C14H19N3O4/c1-15-13(18)20-11-6-9-4-5-17(3)8-10(9)7-12(11)21-14(19)16-2/h6-7H,4-5,8H2,1-3H3,(H,15,18)(H,16,19). The summed E-state index contributed by atoms with van der Waals surface area (Å²) in [7, 11) is 4.96. The van der Waals surface area contributed by atoms with Gasteiger partial charge in [-0.15, -0.1) is 0 Å². The van der Waals surface area contributed by atoms with Gasteiger partial charge in [-0.2, -0.15) is 0 Å². The molecule has 1 aliphatic rings. The molecule has 0 spiro atoms. The first-order valence-electron chi connectivity index (χ1n) is 6.67. The Hall–Kier alpha value is -2.28. The zero-order chi connectivity index (χ0) is 15.4. The summed E-state index contributed by atoms with van der Waals surface area (Å²) in [5.74, 6) is 0.466. The molecule has 2 rings (SSSR count). The normalized spacial score (nSPS) is 14.0. The number of ether oxygens (including phenoxy) is 2. The van der Waals surface area contributed by atoms with Crippen molar-refractivity contribution in [2.24, 2.45) is 0 Å². The van der Waals surface area contributed by atoms with Crippen LogP contribution in [0.2, 0.25) is 0 Å². The van der Waals surface area contributed by atoms with E-state index in [1.54, 1.807) is 12.1 Å². The summed E-state index contributed by atoms with van der Waals surface area (Å²) in [6, 6.07) is 3.51. The van der Waals surface area contributed by atoms with Crippen LogP contribution in [0, 0.1) is 0 Å². The second kappa shape index (κ2) is 6.45. The molecule has 7 nitrogen and oxygen atoms in total. The molecule has 21 heavy (non-hydrogen) atoms. The average Bonchev–Trinajstić information content (AvgIpc) is 2.47. The van der Waals surface area contributed by atoms with Crippen LogP contribution < -0.4 is 20.1 Å². The van der Waals surface area contributed by atoms with Crippen LogP contribution in [0.25, 0.3) is 0 Å². The Labute approximate surface area is 123 Å². The van der Waals surface area contributed by atoms with E-state index in [0.29, 0.717) is 0 Å². The van der Waals surface area contributed by atoms with Crippen molar-refractivity contribution in [2.75, 3.05) is 27.7 Å². The van der Waals surface area contributed by atoms with Gasteiger partial charge in [0.15, 0.2) is 11.5 Å². The van der Waals surface area contributed by atoms with Crippen molar-refractivity contribution in [2.45, 2.75) is 13.0 Å². The lowest BCUT2D eigenvalue weighted by Crippen LogP contribution is -2.28. The predicted octanol–water partition coefficient (Wildman–Crippen LogP) is 1.11. The molecule has 0 saturated heterocycles. The number of rotatable bonds is 2. The molecule has 7 heteroatoms. The Bertz CT molecular complexity index is 559. The number of fused-ring (bicyclic) bond motifs is 1. The number of benzene rings is 1. The van der Waals surface area contributed by atoms with Gasteiger partial charge in [-0.1, -0.05) is 0 Å². The van der Waals surface area contributed by atoms with Gasteiger partial charge in [0.1, 0.15) is 0 Å². The topological polar surface area (TPSA) is 79.9 Å². The molecule has 0 aliphatic carbocycles. The lowest BCUT2D eigenvalue weighted by Gasteiger charge is -2.26. The second-order valence-electron chi connectivity index (χ2n) is 4.83. The van der Waals surface area contributed by atoms with Gasteiger partial charge in [0, 0.05) is 27.2 Å². The molecular weight excluding hydrogens is 274 g/mol. The van der Waals surface area contributed by atoms with Crippen molar-refractivity contribution in [3.63, 3.8) is 0 Å². The fraction of sp³-hybridized carbons (Fsp3) is 0.429. The third-order valence-electron chi connectivity index (χ3n) is 3.28. The summed E-state index contributed by atoms with van der Waals surface area (Å²) in [5.41, 5.74) is 2.16. The quantitative estimate of drug-likeness (QED) is 0.854. The summed E-state index contributed by atoms with van der Waals surface area (Å²) in [5, 5.41) is 4.74. The Morgan fingerprint density at radius 2 is 1.57 bits per heavy atom. The second-order valence-corrected chi connectivity index (χ2v) is 4.83. The van der Waals surface area contributed by atoms with Gasteiger partial charge in [0.05, 0.1) is 0 Å². The third kappa shape index (κ3) is 3.63. The monoisotopic (exact) mass is 293 g/mol. The van der Waals surface area contributed by atoms with Crippen molar-refractivity contribution in [1.82, 2.24) is 15.5 Å². The van der Waals surface area contributed by atoms with E-state index >= 15 is 0 Å². The summed E-state index contributed by atoms with van der Waals surface area (Å²) < 4.78 is 10.3. The van der Waals surface area contributed by atoms with Crippen molar-refractivity contribution >= 4 is 12.2 Å². The van der Waals surface area contributed by atoms with E-state index in [-0.39, 0.29) is 11.5 Å². The van der Waals surface area contributed by atoms with Crippen LogP contribution in [-0.2, 0) is 13.0 Å². The van der Waals surface area contributed by atoms with E-state index in [2.05, 4.69) is 15.5 Å². The van der Waals surface area contributed by atoms with Gasteiger partial charge < -0.3 is 25.0 Å². The zero-order valence-electron chi connectivity index (χ0n) is 12.4. The van der Waals surface area contributed by atoms with Gasteiger partial charge in [-0.25, -0.2) is 9.59 Å². The largest absolute Gasteiger partial charge is 0.412 e. The van der Waals surface area contributed by atoms with Crippen LogP contribution in [0.3, 0.4) is 0 Å². The number of likely N-dealkylation sites (N-methyl/N-ethyl adjacent to an activating group) is 1. The number of amides is 2. The Morgan fingerprint density at radius 3 is 2.10 bits per heavy atom. The fourth-order valence-electron chi connectivity index (χ4n) is 2.17. The minimum atomic E-state index is -0.610. The fourth-order valence-corrected chi connectivity index (χ4v) is 2.17. The molecule has 0 unspecified atom stereocenters. The van der Waals surface area contributed by atoms with Gasteiger partial charge >= 0.3 is 12.2 Å². The number of nitrogens with one attached hydrogen (secondary N) is 2. The molecule has 1 aromatic carbocycles. The summed E-state index contributed by atoms with van der Waals surface area (Å²) in [6.45, 7) is 1.70. The molecule has 0 aromatic heterocycles. The van der Waals surface area contributed by atoms with Gasteiger partial charge in [-0.05, 0) is 36.7 Å². The van der Waals surface area contributed by atoms with Crippen molar-refractivity contribution in [3.05, 3.63) is 23.3 Å². The molecule has 0 atom stereocenters. The molecule has 1 aliphatic heterocycles. The molecule has 114 valence electrons. The molecule has 1 aromatic rings. The van der Waals surface area contributed by atoms with Crippen LogP contribution >= 0.6 is 0 Å². The Balaban J connectivity index is 2.35. The average molecular weight is 293 g/mol. The highest BCUT2D eigenvalue weighted by atomic mass is 16.6. The smallest absolute Gasteiger partial charge is 0.406 e. The minimum Gasteiger partial charge on any atom is -0.406 e. The lowest BCUT2D eigenvalue weighted by atomic mass is 9.99. The molecule has 2 amide bonds. The Morgan fingerprint density at radius 1 is 1.05 bits per heavy atom. The van der Waals surface area contributed by atoms with E-state index in [9.17, 15) is 9.59 Å². The highest BCUT2D eigenvalue weighted by molar-refractivity contribution is 5.74. The highest BCUT2D eigenvalue weighted by Crippen LogP contribution is 2.33. The first kappa shape index (κ1) is 15.1. The number of carbonyl (C=O) groups excluding carboxylic acids is 2. The minimum absolute atomic E-state index is 0.229. The maximum Gasteiger partial charge on any atom is 0.412 e. The molecule has 0 bridgehead atoms. The predicted molar refractivity (Wildman–Crippen MR) is 76.6 cm³/mol. The molecule has 0 fully saturated rings. The summed E-state index contributed by atoms with van der Waals surface area (Å²) in [6.07, 6.45) is -0.360. The van der Waals surface area contributed by atoms with E-state index in [0.717, 1.165) is 30.6 Å². The van der Waals surface area contributed by atoms with E-state index in [1.165, 1.54) is 14.1 Å². The molecular formula is C14H19N3O4. The third-order valence-corrected chi connectivity index (χ3v) is 3.28. The number of hydrogen-bond donors (Lipinski definition) is 2. The van der Waals surface area contributed by atoms with Crippen molar-refractivity contribution in [3.8, 4) is 11.5 Å². The SMILES string of the molecule is CNC(=O)Oc1cc2c(cc1OC(=O)NC)CN(C)CC2. The van der Waals surface area contributed by atoms with Crippen LogP contribution in [0.1, 0.15) is 11.1 Å². The number of carbonyl (C=O) groups is 2.